The van der Waals surface area contributed by atoms with E-state index in [2.05, 4.69) is 30.9 Å². The van der Waals surface area contributed by atoms with E-state index in [1.54, 1.807) is 0 Å². The molecule has 1 aliphatic rings. The third-order valence-corrected chi connectivity index (χ3v) is 4.08. The van der Waals surface area contributed by atoms with Crippen LogP contribution in [0.5, 0.6) is 0 Å². The Morgan fingerprint density at radius 2 is 1.75 bits per heavy atom. The van der Waals surface area contributed by atoms with Crippen LogP contribution in [0.15, 0.2) is 24.3 Å². The summed E-state index contributed by atoms with van der Waals surface area (Å²) in [5, 5.41) is 0. The fourth-order valence-electron chi connectivity index (χ4n) is 2.34. The predicted octanol–water partition coefficient (Wildman–Crippen LogP) is 3.29. The van der Waals surface area contributed by atoms with E-state index >= 15 is 0 Å². The van der Waals surface area contributed by atoms with Gasteiger partial charge in [-0.2, -0.15) is 0 Å². The number of piperidine rings is 1. The average molecular weight is 218 g/mol. The second kappa shape index (κ2) is 4.36. The lowest BCUT2D eigenvalue weighted by Crippen LogP contribution is -2.38. The highest BCUT2D eigenvalue weighted by molar-refractivity contribution is 5.53. The lowest BCUT2D eigenvalue weighted by atomic mass is 9.78. The summed E-state index contributed by atoms with van der Waals surface area (Å²) in [7, 11) is 0. The summed E-state index contributed by atoms with van der Waals surface area (Å²) in [5.41, 5.74) is 8.42. The van der Waals surface area contributed by atoms with E-state index in [-0.39, 0.29) is 0 Å². The summed E-state index contributed by atoms with van der Waals surface area (Å²) in [4.78, 5) is 2.47. The minimum atomic E-state index is 0.560. The zero-order valence-electron chi connectivity index (χ0n) is 10.4. The van der Waals surface area contributed by atoms with E-state index < -0.39 is 0 Å². The van der Waals surface area contributed by atoms with Crippen molar-refractivity contribution in [3.8, 4) is 0 Å². The zero-order chi connectivity index (χ0) is 11.6. The number of anilines is 2. The molecule has 1 saturated heterocycles. The van der Waals surface area contributed by atoms with Crippen LogP contribution in [0.1, 0.15) is 33.1 Å². The molecule has 0 amide bonds. The summed E-state index contributed by atoms with van der Waals surface area (Å²) >= 11 is 0. The minimum Gasteiger partial charge on any atom is -0.399 e. The fraction of sp³-hybridized carbons (Fsp3) is 0.571. The number of nitrogen functional groups attached to an aromatic ring is 1. The molecular formula is C14H22N2. The summed E-state index contributed by atoms with van der Waals surface area (Å²) < 4.78 is 0. The molecule has 2 rings (SSSR count). The van der Waals surface area contributed by atoms with Gasteiger partial charge in [-0.25, -0.2) is 0 Å². The van der Waals surface area contributed by atoms with Crippen LogP contribution < -0.4 is 10.6 Å². The van der Waals surface area contributed by atoms with Crippen LogP contribution in [0, 0.1) is 5.41 Å². The summed E-state index contributed by atoms with van der Waals surface area (Å²) in [6.07, 6.45) is 3.89. The van der Waals surface area contributed by atoms with E-state index in [9.17, 15) is 0 Å². The maximum Gasteiger partial charge on any atom is 0.0367 e. The third kappa shape index (κ3) is 2.31. The molecule has 1 aliphatic heterocycles. The first-order chi connectivity index (χ1) is 7.63. The Labute approximate surface area is 98.4 Å². The largest absolute Gasteiger partial charge is 0.399 e. The van der Waals surface area contributed by atoms with Gasteiger partial charge in [0, 0.05) is 24.5 Å². The second-order valence-corrected chi connectivity index (χ2v) is 5.24. The van der Waals surface area contributed by atoms with Crippen molar-refractivity contribution in [2.75, 3.05) is 23.7 Å². The molecule has 2 heteroatoms. The molecule has 0 aromatic heterocycles. The van der Waals surface area contributed by atoms with Gasteiger partial charge in [0.15, 0.2) is 0 Å². The molecule has 1 aromatic rings. The van der Waals surface area contributed by atoms with Gasteiger partial charge in [0.2, 0.25) is 0 Å². The van der Waals surface area contributed by atoms with Crippen LogP contribution in [0.3, 0.4) is 0 Å². The number of hydrogen-bond donors (Lipinski definition) is 1. The van der Waals surface area contributed by atoms with E-state index in [1.807, 2.05) is 12.1 Å². The number of hydrogen-bond acceptors (Lipinski definition) is 2. The van der Waals surface area contributed by atoms with Gasteiger partial charge in [0.25, 0.3) is 0 Å². The molecule has 0 aliphatic carbocycles. The molecule has 0 unspecified atom stereocenters. The van der Waals surface area contributed by atoms with E-state index in [4.69, 9.17) is 5.73 Å². The molecular weight excluding hydrogens is 196 g/mol. The van der Waals surface area contributed by atoms with Gasteiger partial charge in [0.05, 0.1) is 0 Å². The van der Waals surface area contributed by atoms with Crippen molar-refractivity contribution >= 4 is 11.4 Å². The monoisotopic (exact) mass is 218 g/mol. The number of nitrogens with two attached hydrogens (primary N) is 1. The Hall–Kier alpha value is -1.18. The molecule has 0 saturated carbocycles. The smallest absolute Gasteiger partial charge is 0.0367 e. The molecule has 0 spiro atoms. The second-order valence-electron chi connectivity index (χ2n) is 5.24. The fourth-order valence-corrected chi connectivity index (χ4v) is 2.34. The molecule has 2 nitrogen and oxygen atoms in total. The standard InChI is InChI=1S/C14H22N2/c1-3-14(2)8-10-16(11-9-14)13-6-4-12(15)5-7-13/h4-7H,3,8-11,15H2,1-2H3. The van der Waals surface area contributed by atoms with Gasteiger partial charge >= 0.3 is 0 Å². The summed E-state index contributed by atoms with van der Waals surface area (Å²) in [6, 6.07) is 8.24. The van der Waals surface area contributed by atoms with Gasteiger partial charge in [-0.05, 0) is 42.5 Å². The van der Waals surface area contributed by atoms with Crippen molar-refractivity contribution in [2.45, 2.75) is 33.1 Å². The predicted molar refractivity (Wildman–Crippen MR) is 70.7 cm³/mol. The lowest BCUT2D eigenvalue weighted by molar-refractivity contribution is 0.238. The van der Waals surface area contributed by atoms with Crippen LogP contribution in [0.25, 0.3) is 0 Å². The Balaban J connectivity index is 2.01. The highest BCUT2D eigenvalue weighted by Crippen LogP contribution is 2.35. The van der Waals surface area contributed by atoms with Crippen LogP contribution in [-0.2, 0) is 0 Å². The summed E-state index contributed by atoms with van der Waals surface area (Å²) in [5.74, 6) is 0. The van der Waals surface area contributed by atoms with E-state index in [1.165, 1.54) is 38.0 Å². The normalized spacial score (nSPS) is 19.8. The first-order valence-corrected chi connectivity index (χ1v) is 6.23. The van der Waals surface area contributed by atoms with Crippen molar-refractivity contribution in [1.29, 1.82) is 0 Å². The highest BCUT2D eigenvalue weighted by Gasteiger charge is 2.28. The van der Waals surface area contributed by atoms with Crippen LogP contribution >= 0.6 is 0 Å². The van der Waals surface area contributed by atoms with Crippen molar-refractivity contribution in [3.63, 3.8) is 0 Å². The maximum absolute atomic E-state index is 5.70. The third-order valence-electron chi connectivity index (χ3n) is 4.08. The van der Waals surface area contributed by atoms with Crippen molar-refractivity contribution in [3.05, 3.63) is 24.3 Å². The molecule has 1 fully saturated rings. The molecule has 0 atom stereocenters. The average Bonchev–Trinajstić information content (AvgIpc) is 2.32. The van der Waals surface area contributed by atoms with Crippen molar-refractivity contribution in [1.82, 2.24) is 0 Å². The zero-order valence-corrected chi connectivity index (χ0v) is 10.4. The first-order valence-electron chi connectivity index (χ1n) is 6.23. The van der Waals surface area contributed by atoms with Crippen LogP contribution in [0.4, 0.5) is 11.4 Å². The van der Waals surface area contributed by atoms with Gasteiger partial charge in [-0.1, -0.05) is 20.3 Å². The number of nitrogens with zero attached hydrogens (tertiary/aromatic N) is 1. The molecule has 1 aromatic carbocycles. The number of rotatable bonds is 2. The SMILES string of the molecule is CCC1(C)CCN(c2ccc(N)cc2)CC1. The summed E-state index contributed by atoms with van der Waals surface area (Å²) in [6.45, 7) is 7.06. The van der Waals surface area contributed by atoms with E-state index in [0.717, 1.165) is 5.69 Å². The highest BCUT2D eigenvalue weighted by atomic mass is 15.1. The Kier molecular flexibility index (Phi) is 3.08. The topological polar surface area (TPSA) is 29.3 Å². The van der Waals surface area contributed by atoms with E-state index in [0.29, 0.717) is 5.41 Å². The maximum atomic E-state index is 5.70. The van der Waals surface area contributed by atoms with Gasteiger partial charge < -0.3 is 10.6 Å². The van der Waals surface area contributed by atoms with Gasteiger partial charge in [-0.3, -0.25) is 0 Å². The van der Waals surface area contributed by atoms with Crippen LogP contribution in [-0.4, -0.2) is 13.1 Å². The molecule has 1 heterocycles. The number of benzene rings is 1. The molecule has 2 N–H and O–H groups in total. The molecule has 88 valence electrons. The lowest BCUT2D eigenvalue weighted by Gasteiger charge is -2.40. The van der Waals surface area contributed by atoms with Gasteiger partial charge in [-0.15, -0.1) is 0 Å². The molecule has 16 heavy (non-hydrogen) atoms. The Morgan fingerprint density at radius 3 is 2.25 bits per heavy atom. The quantitative estimate of drug-likeness (QED) is 0.772. The van der Waals surface area contributed by atoms with Crippen LogP contribution in [0.2, 0.25) is 0 Å². The molecule has 0 radical (unpaired) electrons. The van der Waals surface area contributed by atoms with Crippen molar-refractivity contribution < 1.29 is 0 Å². The van der Waals surface area contributed by atoms with Gasteiger partial charge in [0.1, 0.15) is 0 Å². The van der Waals surface area contributed by atoms with Crippen molar-refractivity contribution in [2.24, 2.45) is 5.41 Å². The Bertz CT molecular complexity index is 334. The molecule has 0 bridgehead atoms. The minimum absolute atomic E-state index is 0.560. The Morgan fingerprint density at radius 1 is 1.19 bits per heavy atom. The first kappa shape index (κ1) is 11.3.